The molecule has 5 heteroatoms. The second-order valence-electron chi connectivity index (χ2n) is 4.74. The molecule has 0 radical (unpaired) electrons. The van der Waals surface area contributed by atoms with Crippen LogP contribution in [0.2, 0.25) is 0 Å². The molecule has 0 spiro atoms. The van der Waals surface area contributed by atoms with Gasteiger partial charge in [-0.3, -0.25) is 15.4 Å². The molecule has 2 aromatic carbocycles. The first-order valence-corrected chi connectivity index (χ1v) is 6.49. The Morgan fingerprint density at radius 1 is 0.857 bits per heavy atom. The van der Waals surface area contributed by atoms with Gasteiger partial charge in [-0.25, -0.2) is 0 Å². The quantitative estimate of drug-likeness (QED) is 0.426. The molecule has 0 aliphatic heterocycles. The van der Waals surface area contributed by atoms with Crippen molar-refractivity contribution in [1.82, 2.24) is 4.57 Å². The summed E-state index contributed by atoms with van der Waals surface area (Å²) in [5.74, 6) is -0.136. The summed E-state index contributed by atoms with van der Waals surface area (Å²) in [5.41, 5.74) is 14.5. The zero-order chi connectivity index (χ0) is 15.0. The Morgan fingerprint density at radius 2 is 1.48 bits per heavy atom. The molecule has 0 saturated heterocycles. The molecular formula is C16H15N5. The second-order valence-corrected chi connectivity index (χ2v) is 4.74. The smallest absolute Gasteiger partial charge is 0.197 e. The fourth-order valence-electron chi connectivity index (χ4n) is 2.63. The van der Waals surface area contributed by atoms with E-state index < -0.39 is 0 Å². The van der Waals surface area contributed by atoms with Crippen LogP contribution in [0.5, 0.6) is 0 Å². The zero-order valence-electron chi connectivity index (χ0n) is 11.3. The van der Waals surface area contributed by atoms with Gasteiger partial charge in [0.2, 0.25) is 0 Å². The molecule has 21 heavy (non-hydrogen) atoms. The summed E-state index contributed by atoms with van der Waals surface area (Å²) in [6.07, 6.45) is 0. The molecule has 0 unspecified atom stereocenters. The van der Waals surface area contributed by atoms with E-state index in [0.29, 0.717) is 11.3 Å². The van der Waals surface area contributed by atoms with Crippen molar-refractivity contribution >= 4 is 22.7 Å². The van der Waals surface area contributed by atoms with Crippen LogP contribution in [0, 0.1) is 10.8 Å². The van der Waals surface area contributed by atoms with Crippen molar-refractivity contribution in [2.24, 2.45) is 11.5 Å². The maximum atomic E-state index is 7.92. The van der Waals surface area contributed by atoms with E-state index in [2.05, 4.69) is 0 Å². The van der Waals surface area contributed by atoms with E-state index in [-0.39, 0.29) is 11.8 Å². The van der Waals surface area contributed by atoms with Crippen LogP contribution in [0.3, 0.4) is 0 Å². The summed E-state index contributed by atoms with van der Waals surface area (Å²) < 4.78 is 1.63. The van der Waals surface area contributed by atoms with Crippen molar-refractivity contribution in [2.75, 3.05) is 0 Å². The van der Waals surface area contributed by atoms with Crippen LogP contribution < -0.4 is 11.5 Å². The van der Waals surface area contributed by atoms with Gasteiger partial charge in [0.25, 0.3) is 0 Å². The molecule has 0 atom stereocenters. The minimum absolute atomic E-state index is 0.0370. The average molecular weight is 277 g/mol. The van der Waals surface area contributed by atoms with Crippen molar-refractivity contribution in [3.8, 4) is 11.3 Å². The number of rotatable bonds is 2. The lowest BCUT2D eigenvalue weighted by Gasteiger charge is -2.10. The predicted octanol–water partition coefficient (Wildman–Crippen LogP) is 2.33. The van der Waals surface area contributed by atoms with Gasteiger partial charge in [-0.2, -0.15) is 0 Å². The highest BCUT2D eigenvalue weighted by atomic mass is 15.1. The van der Waals surface area contributed by atoms with Gasteiger partial charge in [0.05, 0.1) is 16.8 Å². The minimum atomic E-state index is -0.0995. The number of benzene rings is 2. The summed E-state index contributed by atoms with van der Waals surface area (Å²) >= 11 is 0. The van der Waals surface area contributed by atoms with E-state index in [9.17, 15) is 0 Å². The second kappa shape index (κ2) is 4.79. The Balaban J connectivity index is 2.52. The highest BCUT2D eigenvalue weighted by Gasteiger charge is 2.21. The van der Waals surface area contributed by atoms with Crippen LogP contribution >= 0.6 is 0 Å². The van der Waals surface area contributed by atoms with E-state index in [1.807, 2.05) is 54.6 Å². The third-order valence-electron chi connectivity index (χ3n) is 3.43. The SMILES string of the molecule is N=C(N)c1c(-c2ccccc2)n(C(=N)N)c2ccccc12. The maximum Gasteiger partial charge on any atom is 0.197 e. The van der Waals surface area contributed by atoms with Crippen molar-refractivity contribution in [1.29, 1.82) is 10.8 Å². The number of aromatic nitrogens is 1. The summed E-state index contributed by atoms with van der Waals surface area (Å²) in [6.45, 7) is 0. The number of nitrogens with one attached hydrogen (secondary N) is 2. The van der Waals surface area contributed by atoms with Gasteiger partial charge in [-0.1, -0.05) is 48.5 Å². The molecule has 1 heterocycles. The highest BCUT2D eigenvalue weighted by Crippen LogP contribution is 2.33. The summed E-state index contributed by atoms with van der Waals surface area (Å²) in [6, 6.07) is 17.1. The minimum Gasteiger partial charge on any atom is -0.384 e. The van der Waals surface area contributed by atoms with E-state index in [0.717, 1.165) is 16.5 Å². The fraction of sp³-hybridized carbons (Fsp3) is 0. The molecule has 0 saturated carbocycles. The van der Waals surface area contributed by atoms with E-state index in [1.54, 1.807) is 4.57 Å². The lowest BCUT2D eigenvalue weighted by molar-refractivity contribution is 1.15. The first-order valence-electron chi connectivity index (χ1n) is 6.49. The molecule has 104 valence electrons. The summed E-state index contributed by atoms with van der Waals surface area (Å²) in [5, 5.41) is 16.6. The van der Waals surface area contributed by atoms with Crippen molar-refractivity contribution in [3.63, 3.8) is 0 Å². The van der Waals surface area contributed by atoms with Gasteiger partial charge < -0.3 is 11.5 Å². The predicted molar refractivity (Wildman–Crippen MR) is 85.7 cm³/mol. The van der Waals surface area contributed by atoms with Crippen LogP contribution in [0.25, 0.3) is 22.2 Å². The number of fused-ring (bicyclic) bond motifs is 1. The maximum absolute atomic E-state index is 7.92. The fourth-order valence-corrected chi connectivity index (χ4v) is 2.63. The lowest BCUT2D eigenvalue weighted by Crippen LogP contribution is -2.22. The Kier molecular flexibility index (Phi) is 2.95. The number of hydrogen-bond acceptors (Lipinski definition) is 2. The first-order chi connectivity index (χ1) is 10.1. The first kappa shape index (κ1) is 12.9. The molecule has 0 bridgehead atoms. The molecule has 0 aliphatic rings. The Hall–Kier alpha value is -3.08. The summed E-state index contributed by atoms with van der Waals surface area (Å²) in [7, 11) is 0. The van der Waals surface area contributed by atoms with Gasteiger partial charge in [0.15, 0.2) is 5.96 Å². The number of hydrogen-bond donors (Lipinski definition) is 4. The zero-order valence-corrected chi connectivity index (χ0v) is 11.3. The van der Waals surface area contributed by atoms with Crippen LogP contribution in [0.4, 0.5) is 0 Å². The van der Waals surface area contributed by atoms with Crippen LogP contribution in [-0.4, -0.2) is 16.4 Å². The summed E-state index contributed by atoms with van der Waals surface area (Å²) in [4.78, 5) is 0. The van der Waals surface area contributed by atoms with Gasteiger partial charge in [-0.15, -0.1) is 0 Å². The molecular weight excluding hydrogens is 262 g/mol. The van der Waals surface area contributed by atoms with Gasteiger partial charge in [0.1, 0.15) is 5.84 Å². The molecule has 3 rings (SSSR count). The van der Waals surface area contributed by atoms with Crippen LogP contribution in [0.15, 0.2) is 54.6 Å². The van der Waals surface area contributed by atoms with Gasteiger partial charge in [-0.05, 0) is 11.6 Å². The largest absolute Gasteiger partial charge is 0.384 e. The molecule has 0 fully saturated rings. The lowest BCUT2D eigenvalue weighted by atomic mass is 10.0. The standard InChI is InChI=1S/C16H15N5/c17-15(18)13-11-8-4-5-9-12(11)21(16(19)20)14(13)10-6-2-1-3-7-10/h1-9H,(H3,17,18)(H3,19,20). The molecule has 1 aromatic heterocycles. The van der Waals surface area contributed by atoms with E-state index in [4.69, 9.17) is 22.3 Å². The third kappa shape index (κ3) is 1.95. The van der Waals surface area contributed by atoms with E-state index in [1.165, 1.54) is 0 Å². The highest BCUT2D eigenvalue weighted by molar-refractivity contribution is 6.15. The Bertz CT molecular complexity index is 795. The topological polar surface area (TPSA) is 105 Å². The van der Waals surface area contributed by atoms with Crippen molar-refractivity contribution in [3.05, 3.63) is 60.2 Å². The van der Waals surface area contributed by atoms with Gasteiger partial charge >= 0.3 is 0 Å². The van der Waals surface area contributed by atoms with Crippen molar-refractivity contribution in [2.45, 2.75) is 0 Å². The van der Waals surface area contributed by atoms with Gasteiger partial charge in [0, 0.05) is 5.39 Å². The molecule has 6 N–H and O–H groups in total. The van der Waals surface area contributed by atoms with Crippen LogP contribution in [0.1, 0.15) is 5.56 Å². The number of amidine groups is 1. The number of nitrogens with two attached hydrogens (primary N) is 2. The molecule has 0 aliphatic carbocycles. The average Bonchev–Trinajstić information content (AvgIpc) is 2.83. The van der Waals surface area contributed by atoms with E-state index >= 15 is 0 Å². The molecule has 5 nitrogen and oxygen atoms in total. The Morgan fingerprint density at radius 3 is 2.10 bits per heavy atom. The number of nitrogens with zero attached hydrogens (tertiary/aromatic N) is 1. The number of para-hydroxylation sites is 1. The number of nitrogen functional groups attached to an aromatic ring is 2. The molecule has 3 aromatic rings. The van der Waals surface area contributed by atoms with Crippen LogP contribution in [-0.2, 0) is 0 Å². The van der Waals surface area contributed by atoms with Crippen molar-refractivity contribution < 1.29 is 0 Å². The Labute approximate surface area is 121 Å². The molecule has 0 amide bonds. The monoisotopic (exact) mass is 277 g/mol. The normalized spacial score (nSPS) is 10.7. The third-order valence-corrected chi connectivity index (χ3v) is 3.43.